The van der Waals surface area contributed by atoms with Crippen molar-refractivity contribution in [3.05, 3.63) is 21.8 Å². The summed E-state index contributed by atoms with van der Waals surface area (Å²) in [6.07, 6.45) is 0. The van der Waals surface area contributed by atoms with Gasteiger partial charge in [0.05, 0.1) is 10.8 Å². The van der Waals surface area contributed by atoms with Gasteiger partial charge in [-0.25, -0.2) is 4.98 Å². The number of hydrogen-bond donors (Lipinski definition) is 0. The van der Waals surface area contributed by atoms with E-state index in [1.165, 1.54) is 27.7 Å². The molecule has 90 valence electrons. The molecule has 0 aromatic carbocycles. The van der Waals surface area contributed by atoms with Crippen molar-refractivity contribution in [2.24, 2.45) is 7.05 Å². The molecular weight excluding hydrogens is 256 g/mol. The van der Waals surface area contributed by atoms with Gasteiger partial charge in [0.25, 0.3) is 5.56 Å². The molecule has 0 N–H and O–H groups in total. The summed E-state index contributed by atoms with van der Waals surface area (Å²) >= 11 is 2.71. The summed E-state index contributed by atoms with van der Waals surface area (Å²) in [5.41, 5.74) is 0.652. The zero-order chi connectivity index (χ0) is 12.6. The van der Waals surface area contributed by atoms with E-state index < -0.39 is 0 Å². The first-order valence-electron chi connectivity index (χ1n) is 5.12. The van der Waals surface area contributed by atoms with Gasteiger partial charge in [0.1, 0.15) is 10.5 Å². The summed E-state index contributed by atoms with van der Waals surface area (Å²) < 4.78 is 2.16. The number of thiophene rings is 1. The Kier molecular flexibility index (Phi) is 3.35. The Labute approximate surface area is 107 Å². The number of nitrogens with zero attached hydrogens (tertiary/aromatic N) is 2. The first-order chi connectivity index (χ1) is 8.00. The Balaban J connectivity index is 2.51. The van der Waals surface area contributed by atoms with Crippen LogP contribution in [-0.4, -0.2) is 20.6 Å². The maximum atomic E-state index is 12.0. The van der Waals surface area contributed by atoms with Crippen LogP contribution in [0.1, 0.15) is 13.8 Å². The van der Waals surface area contributed by atoms with Gasteiger partial charge in [-0.1, -0.05) is 11.8 Å². The fourth-order valence-electron chi connectivity index (χ4n) is 1.31. The molecule has 4 nitrogen and oxygen atoms in total. The molecule has 2 heterocycles. The van der Waals surface area contributed by atoms with E-state index in [1.807, 2.05) is 18.4 Å². The summed E-state index contributed by atoms with van der Waals surface area (Å²) in [6, 6.07) is 1.82. The van der Waals surface area contributed by atoms with Crippen molar-refractivity contribution >= 4 is 39.1 Å². The largest absolute Gasteiger partial charge is 0.299 e. The van der Waals surface area contributed by atoms with Crippen molar-refractivity contribution in [1.82, 2.24) is 9.55 Å². The van der Waals surface area contributed by atoms with E-state index in [0.717, 1.165) is 0 Å². The molecule has 2 aromatic heterocycles. The quantitative estimate of drug-likeness (QED) is 0.631. The predicted octanol–water partition coefficient (Wildman–Crippen LogP) is 2.06. The van der Waals surface area contributed by atoms with Gasteiger partial charge in [-0.3, -0.25) is 14.2 Å². The Morgan fingerprint density at radius 3 is 2.94 bits per heavy atom. The zero-order valence-electron chi connectivity index (χ0n) is 9.76. The number of aromatic nitrogens is 2. The second-order valence-corrected chi connectivity index (χ2v) is 5.99. The van der Waals surface area contributed by atoms with Gasteiger partial charge < -0.3 is 0 Å². The van der Waals surface area contributed by atoms with Crippen LogP contribution in [0.2, 0.25) is 0 Å². The summed E-state index contributed by atoms with van der Waals surface area (Å²) in [7, 11) is 1.68. The Morgan fingerprint density at radius 2 is 2.29 bits per heavy atom. The molecule has 0 unspecified atom stereocenters. The fraction of sp³-hybridized carbons (Fsp3) is 0.364. The maximum Gasteiger partial charge on any atom is 0.271 e. The van der Waals surface area contributed by atoms with Crippen molar-refractivity contribution in [3.8, 4) is 0 Å². The molecule has 2 aromatic rings. The van der Waals surface area contributed by atoms with Crippen LogP contribution < -0.4 is 5.56 Å². The van der Waals surface area contributed by atoms with E-state index in [-0.39, 0.29) is 16.6 Å². The van der Waals surface area contributed by atoms with E-state index in [9.17, 15) is 9.59 Å². The third-order valence-electron chi connectivity index (χ3n) is 2.50. The minimum atomic E-state index is -0.191. The van der Waals surface area contributed by atoms with Crippen LogP contribution in [0.15, 0.2) is 21.4 Å². The minimum absolute atomic E-state index is 0.0525. The summed E-state index contributed by atoms with van der Waals surface area (Å²) in [5.74, 6) is 0.0784. The molecule has 1 atom stereocenters. The lowest BCUT2D eigenvalue weighted by molar-refractivity contribution is -0.116. The SMILES string of the molecule is CC(=O)[C@@H](C)Sc1nc2ccsc2c(=O)n1C. The van der Waals surface area contributed by atoms with E-state index in [4.69, 9.17) is 0 Å². The highest BCUT2D eigenvalue weighted by Gasteiger charge is 2.15. The summed E-state index contributed by atoms with van der Waals surface area (Å²) in [4.78, 5) is 27.6. The number of carbonyl (C=O) groups excluding carboxylic acids is 1. The lowest BCUT2D eigenvalue weighted by atomic mass is 10.3. The molecule has 0 aliphatic carbocycles. The Bertz CT molecular complexity index is 630. The minimum Gasteiger partial charge on any atom is -0.299 e. The van der Waals surface area contributed by atoms with E-state index in [2.05, 4.69) is 4.98 Å². The van der Waals surface area contributed by atoms with Crippen molar-refractivity contribution in [2.75, 3.05) is 0 Å². The average molecular weight is 268 g/mol. The lowest BCUT2D eigenvalue weighted by Gasteiger charge is -2.10. The summed E-state index contributed by atoms with van der Waals surface area (Å²) in [5, 5.41) is 2.25. The molecule has 0 aliphatic heterocycles. The van der Waals surface area contributed by atoms with Crippen LogP contribution in [0.4, 0.5) is 0 Å². The number of hydrogen-bond acceptors (Lipinski definition) is 5. The number of thioether (sulfide) groups is 1. The van der Waals surface area contributed by atoms with Gasteiger partial charge in [-0.2, -0.15) is 0 Å². The highest BCUT2D eigenvalue weighted by molar-refractivity contribution is 8.00. The first-order valence-corrected chi connectivity index (χ1v) is 6.88. The highest BCUT2D eigenvalue weighted by Crippen LogP contribution is 2.23. The van der Waals surface area contributed by atoms with Gasteiger partial charge in [0, 0.05) is 7.05 Å². The first kappa shape index (κ1) is 12.3. The van der Waals surface area contributed by atoms with Crippen LogP contribution in [0.5, 0.6) is 0 Å². The molecule has 0 saturated carbocycles. The molecular formula is C11H12N2O2S2. The standard InChI is InChI=1S/C11H12N2O2S2/c1-6(14)7(2)17-11-12-8-4-5-16-9(8)10(15)13(11)3/h4-5,7H,1-3H3/t7-/m1/s1. The zero-order valence-corrected chi connectivity index (χ0v) is 11.4. The molecule has 6 heteroatoms. The van der Waals surface area contributed by atoms with Gasteiger partial charge >= 0.3 is 0 Å². The van der Waals surface area contributed by atoms with Gasteiger partial charge in [0.2, 0.25) is 0 Å². The van der Waals surface area contributed by atoms with Crippen molar-refractivity contribution in [1.29, 1.82) is 0 Å². The molecule has 0 fully saturated rings. The normalized spacial score (nSPS) is 12.9. The number of fused-ring (bicyclic) bond motifs is 1. The Morgan fingerprint density at radius 1 is 1.59 bits per heavy atom. The van der Waals surface area contributed by atoms with E-state index in [0.29, 0.717) is 15.4 Å². The van der Waals surface area contributed by atoms with Gasteiger partial charge in [-0.05, 0) is 25.3 Å². The second kappa shape index (κ2) is 4.62. The number of rotatable bonds is 3. The van der Waals surface area contributed by atoms with E-state index in [1.54, 1.807) is 14.0 Å². The van der Waals surface area contributed by atoms with Crippen LogP contribution in [0.3, 0.4) is 0 Å². The average Bonchev–Trinajstić information content (AvgIpc) is 2.73. The van der Waals surface area contributed by atoms with Crippen molar-refractivity contribution in [3.63, 3.8) is 0 Å². The maximum absolute atomic E-state index is 12.0. The monoisotopic (exact) mass is 268 g/mol. The van der Waals surface area contributed by atoms with Crippen LogP contribution in [0.25, 0.3) is 10.2 Å². The smallest absolute Gasteiger partial charge is 0.271 e. The lowest BCUT2D eigenvalue weighted by Crippen LogP contribution is -2.20. The van der Waals surface area contributed by atoms with Crippen LogP contribution in [-0.2, 0) is 11.8 Å². The van der Waals surface area contributed by atoms with Crippen LogP contribution in [0, 0.1) is 0 Å². The topological polar surface area (TPSA) is 52.0 Å². The molecule has 0 spiro atoms. The molecule has 0 saturated heterocycles. The van der Waals surface area contributed by atoms with Crippen molar-refractivity contribution < 1.29 is 4.79 Å². The van der Waals surface area contributed by atoms with Gasteiger partial charge in [-0.15, -0.1) is 11.3 Å². The third kappa shape index (κ3) is 2.28. The molecule has 0 bridgehead atoms. The molecule has 0 amide bonds. The fourth-order valence-corrected chi connectivity index (χ4v) is 2.99. The Hall–Kier alpha value is -1.14. The van der Waals surface area contributed by atoms with E-state index >= 15 is 0 Å². The number of Topliss-reactive ketones (excluding diaryl/α,β-unsaturated/α-hetero) is 1. The van der Waals surface area contributed by atoms with Crippen LogP contribution >= 0.6 is 23.1 Å². The second-order valence-electron chi connectivity index (χ2n) is 3.76. The summed E-state index contributed by atoms with van der Waals surface area (Å²) in [6.45, 7) is 3.36. The van der Waals surface area contributed by atoms with Crippen molar-refractivity contribution in [2.45, 2.75) is 24.3 Å². The number of ketones is 1. The predicted molar refractivity (Wildman–Crippen MR) is 70.9 cm³/mol. The molecule has 0 radical (unpaired) electrons. The molecule has 2 rings (SSSR count). The third-order valence-corrected chi connectivity index (χ3v) is 4.65. The van der Waals surface area contributed by atoms with Gasteiger partial charge in [0.15, 0.2) is 5.16 Å². The molecule has 0 aliphatic rings. The number of carbonyl (C=O) groups is 1. The highest BCUT2D eigenvalue weighted by atomic mass is 32.2. The molecule has 17 heavy (non-hydrogen) atoms.